The van der Waals surface area contributed by atoms with Crippen molar-refractivity contribution in [3.63, 3.8) is 0 Å². The minimum absolute atomic E-state index is 0.289. The van der Waals surface area contributed by atoms with Crippen LogP contribution >= 0.6 is 0 Å². The fraction of sp³-hybridized carbons (Fsp3) is 0.133. The molecule has 1 unspecified atom stereocenters. The molecule has 0 aromatic heterocycles. The van der Waals surface area contributed by atoms with E-state index in [0.29, 0.717) is 11.1 Å². The van der Waals surface area contributed by atoms with Gasteiger partial charge >= 0.3 is 0 Å². The fourth-order valence-electron chi connectivity index (χ4n) is 1.68. The third-order valence-electron chi connectivity index (χ3n) is 2.74. The smallest absolute Gasteiger partial charge is 0.140 e. The lowest BCUT2D eigenvalue weighted by molar-refractivity contribution is 0.615. The van der Waals surface area contributed by atoms with E-state index >= 15 is 0 Å². The number of benzene rings is 2. The van der Waals surface area contributed by atoms with Crippen molar-refractivity contribution in [2.45, 2.75) is 13.0 Å². The van der Waals surface area contributed by atoms with Crippen LogP contribution in [-0.2, 0) is 0 Å². The van der Waals surface area contributed by atoms with Crippen LogP contribution in [0.4, 0.5) is 10.1 Å². The zero-order valence-corrected chi connectivity index (χ0v) is 10.0. The third kappa shape index (κ3) is 2.67. The number of nitriles is 1. The van der Waals surface area contributed by atoms with Gasteiger partial charge in [0.25, 0.3) is 0 Å². The van der Waals surface area contributed by atoms with Gasteiger partial charge < -0.3 is 5.32 Å². The van der Waals surface area contributed by atoms with Crippen molar-refractivity contribution < 1.29 is 4.39 Å². The molecule has 2 aromatic carbocycles. The number of nitrogens with one attached hydrogen (secondary N) is 1. The zero-order valence-electron chi connectivity index (χ0n) is 10.0. The van der Waals surface area contributed by atoms with Crippen LogP contribution in [0.2, 0.25) is 0 Å². The van der Waals surface area contributed by atoms with Crippen LogP contribution in [0.1, 0.15) is 17.2 Å². The van der Waals surface area contributed by atoms with Crippen LogP contribution in [-0.4, -0.2) is 0 Å². The number of hydrogen-bond acceptors (Lipinski definition) is 2. The summed E-state index contributed by atoms with van der Waals surface area (Å²) >= 11 is 0. The Morgan fingerprint density at radius 2 is 1.89 bits per heavy atom. The maximum atomic E-state index is 13.5. The Bertz CT molecular complexity index is 573. The second kappa shape index (κ2) is 5.33. The van der Waals surface area contributed by atoms with Crippen LogP contribution in [0.15, 0.2) is 48.5 Å². The van der Waals surface area contributed by atoms with E-state index in [9.17, 15) is 4.39 Å². The van der Waals surface area contributed by atoms with Gasteiger partial charge in [0, 0.05) is 5.69 Å². The second-order valence-corrected chi connectivity index (χ2v) is 4.08. The minimum Gasteiger partial charge on any atom is -0.366 e. The molecule has 90 valence electrons. The molecular formula is C15H13FN2. The number of aryl methyl sites for hydroxylation is 1. The molecular weight excluding hydrogens is 227 g/mol. The van der Waals surface area contributed by atoms with Gasteiger partial charge in [-0.15, -0.1) is 0 Å². The predicted molar refractivity (Wildman–Crippen MR) is 69.6 cm³/mol. The summed E-state index contributed by atoms with van der Waals surface area (Å²) in [5.74, 6) is -0.289. The van der Waals surface area contributed by atoms with Crippen molar-refractivity contribution in [2.75, 3.05) is 5.32 Å². The van der Waals surface area contributed by atoms with E-state index in [1.807, 2.05) is 30.3 Å². The zero-order chi connectivity index (χ0) is 13.0. The van der Waals surface area contributed by atoms with Crippen LogP contribution in [0.25, 0.3) is 0 Å². The van der Waals surface area contributed by atoms with Crippen LogP contribution in [0.3, 0.4) is 0 Å². The van der Waals surface area contributed by atoms with Crippen molar-refractivity contribution in [3.05, 3.63) is 65.5 Å². The molecule has 0 aliphatic heterocycles. The molecule has 0 heterocycles. The molecule has 3 heteroatoms. The maximum absolute atomic E-state index is 13.5. The topological polar surface area (TPSA) is 35.8 Å². The number of para-hydroxylation sites is 1. The summed E-state index contributed by atoms with van der Waals surface area (Å²) in [7, 11) is 0. The molecule has 0 amide bonds. The Morgan fingerprint density at radius 3 is 2.50 bits per heavy atom. The second-order valence-electron chi connectivity index (χ2n) is 4.08. The highest BCUT2D eigenvalue weighted by atomic mass is 19.1. The molecule has 1 atom stereocenters. The lowest BCUT2D eigenvalue weighted by atomic mass is 10.1. The summed E-state index contributed by atoms with van der Waals surface area (Å²) < 4.78 is 13.5. The number of rotatable bonds is 3. The standard InChI is InChI=1S/C15H13FN2/c1-11-7-8-12(9-14(11)16)15(10-17)18-13-5-3-2-4-6-13/h2-9,15,18H,1H3. The average Bonchev–Trinajstić information content (AvgIpc) is 2.40. The highest BCUT2D eigenvalue weighted by molar-refractivity contribution is 5.47. The summed E-state index contributed by atoms with van der Waals surface area (Å²) in [4.78, 5) is 0. The SMILES string of the molecule is Cc1ccc(C(C#N)Nc2ccccc2)cc1F. The summed E-state index contributed by atoms with van der Waals surface area (Å²) in [5, 5.41) is 12.2. The monoisotopic (exact) mass is 240 g/mol. The summed E-state index contributed by atoms with van der Waals surface area (Å²) in [6.07, 6.45) is 0. The first-order valence-corrected chi connectivity index (χ1v) is 5.68. The van der Waals surface area contributed by atoms with Crippen LogP contribution in [0.5, 0.6) is 0 Å². The molecule has 0 spiro atoms. The van der Waals surface area contributed by atoms with E-state index in [0.717, 1.165) is 5.69 Å². The molecule has 2 nitrogen and oxygen atoms in total. The third-order valence-corrected chi connectivity index (χ3v) is 2.74. The molecule has 2 aromatic rings. The maximum Gasteiger partial charge on any atom is 0.140 e. The lowest BCUT2D eigenvalue weighted by Crippen LogP contribution is -2.08. The molecule has 1 N–H and O–H groups in total. The molecule has 0 fully saturated rings. The van der Waals surface area contributed by atoms with E-state index in [4.69, 9.17) is 5.26 Å². The lowest BCUT2D eigenvalue weighted by Gasteiger charge is -2.13. The first-order chi connectivity index (χ1) is 8.70. The van der Waals surface area contributed by atoms with Crippen molar-refractivity contribution in [3.8, 4) is 6.07 Å². The first-order valence-electron chi connectivity index (χ1n) is 5.68. The number of hydrogen-bond donors (Lipinski definition) is 1. The number of anilines is 1. The summed E-state index contributed by atoms with van der Waals surface area (Å²) in [5.41, 5.74) is 2.05. The normalized spacial score (nSPS) is 11.6. The van der Waals surface area contributed by atoms with Gasteiger partial charge in [-0.25, -0.2) is 4.39 Å². The minimum atomic E-state index is -0.553. The van der Waals surface area contributed by atoms with Crippen LogP contribution < -0.4 is 5.32 Å². The molecule has 0 bridgehead atoms. The van der Waals surface area contributed by atoms with Crippen molar-refractivity contribution in [2.24, 2.45) is 0 Å². The highest BCUT2D eigenvalue weighted by Crippen LogP contribution is 2.20. The Kier molecular flexibility index (Phi) is 3.59. The van der Waals surface area contributed by atoms with E-state index in [1.165, 1.54) is 6.07 Å². The molecule has 18 heavy (non-hydrogen) atoms. The molecule has 0 saturated carbocycles. The molecule has 0 aliphatic rings. The van der Waals surface area contributed by atoms with Gasteiger partial charge in [-0.1, -0.05) is 30.3 Å². The Labute approximate surface area is 106 Å². The Balaban J connectivity index is 2.24. The Morgan fingerprint density at radius 1 is 1.17 bits per heavy atom. The van der Waals surface area contributed by atoms with Crippen molar-refractivity contribution >= 4 is 5.69 Å². The van der Waals surface area contributed by atoms with Gasteiger partial charge in [0.1, 0.15) is 11.9 Å². The Hall–Kier alpha value is -2.34. The molecule has 0 saturated heterocycles. The fourth-order valence-corrected chi connectivity index (χ4v) is 1.68. The molecule has 0 aliphatic carbocycles. The van der Waals surface area contributed by atoms with Gasteiger partial charge in [-0.05, 0) is 36.2 Å². The highest BCUT2D eigenvalue weighted by Gasteiger charge is 2.11. The van der Waals surface area contributed by atoms with Gasteiger partial charge in [-0.3, -0.25) is 0 Å². The van der Waals surface area contributed by atoms with Crippen molar-refractivity contribution in [1.82, 2.24) is 0 Å². The molecule has 0 radical (unpaired) electrons. The average molecular weight is 240 g/mol. The molecule has 2 rings (SSSR count). The summed E-state index contributed by atoms with van der Waals surface area (Å²) in [6.45, 7) is 1.70. The van der Waals surface area contributed by atoms with E-state index in [2.05, 4.69) is 11.4 Å². The van der Waals surface area contributed by atoms with Gasteiger partial charge in [-0.2, -0.15) is 5.26 Å². The van der Waals surface area contributed by atoms with Gasteiger partial charge in [0.15, 0.2) is 0 Å². The quantitative estimate of drug-likeness (QED) is 0.885. The number of halogens is 1. The first kappa shape index (κ1) is 12.1. The largest absolute Gasteiger partial charge is 0.366 e. The van der Waals surface area contributed by atoms with Gasteiger partial charge in [0.2, 0.25) is 0 Å². The van der Waals surface area contributed by atoms with Gasteiger partial charge in [0.05, 0.1) is 6.07 Å². The van der Waals surface area contributed by atoms with E-state index in [-0.39, 0.29) is 5.82 Å². The van der Waals surface area contributed by atoms with Crippen LogP contribution in [0, 0.1) is 24.1 Å². The predicted octanol–water partition coefficient (Wildman–Crippen LogP) is 3.81. The van der Waals surface area contributed by atoms with E-state index < -0.39 is 6.04 Å². The van der Waals surface area contributed by atoms with E-state index in [1.54, 1.807) is 19.1 Å². The summed E-state index contributed by atoms with van der Waals surface area (Å²) in [6, 6.07) is 15.8. The number of nitrogens with zero attached hydrogens (tertiary/aromatic N) is 1. The van der Waals surface area contributed by atoms with Crippen molar-refractivity contribution in [1.29, 1.82) is 5.26 Å².